The minimum absolute atomic E-state index is 0.00251. The van der Waals surface area contributed by atoms with Crippen LogP contribution in [0.2, 0.25) is 15.1 Å². The van der Waals surface area contributed by atoms with Gasteiger partial charge in [0.05, 0.1) is 20.8 Å². The number of carbonyl (C=O) groups excluding carboxylic acids is 1. The van der Waals surface area contributed by atoms with Crippen molar-refractivity contribution in [3.63, 3.8) is 0 Å². The molecule has 1 N–H and O–H groups in total. The van der Waals surface area contributed by atoms with Crippen molar-refractivity contribution in [2.45, 2.75) is 37.0 Å². The van der Waals surface area contributed by atoms with Gasteiger partial charge in [-0.15, -0.1) is 0 Å². The highest BCUT2D eigenvalue weighted by Gasteiger charge is 2.62. The molecule has 2 aromatic carbocycles. The predicted molar refractivity (Wildman–Crippen MR) is 117 cm³/mol. The molecule has 32 heavy (non-hydrogen) atoms. The summed E-state index contributed by atoms with van der Waals surface area (Å²) in [6, 6.07) is 9.35. The van der Waals surface area contributed by atoms with E-state index in [-0.39, 0.29) is 44.1 Å². The molecule has 1 amide bonds. The number of oxime groups is 1. The highest BCUT2D eigenvalue weighted by atomic mass is 35.5. The molecule has 0 aromatic heterocycles. The van der Waals surface area contributed by atoms with Gasteiger partial charge in [-0.2, -0.15) is 13.2 Å². The summed E-state index contributed by atoms with van der Waals surface area (Å²) in [6.45, 7) is 0. The maximum absolute atomic E-state index is 14.2. The third kappa shape index (κ3) is 3.95. The summed E-state index contributed by atoms with van der Waals surface area (Å²) in [5, 5.41) is 6.17. The Hall–Kier alpha value is -1.96. The number of benzene rings is 2. The maximum Gasteiger partial charge on any atom is 0.435 e. The lowest BCUT2D eigenvalue weighted by molar-refractivity contribution is -0.275. The summed E-state index contributed by atoms with van der Waals surface area (Å²) in [7, 11) is 1.61. The Morgan fingerprint density at radius 2 is 1.72 bits per heavy atom. The Kier molecular flexibility index (Phi) is 6.11. The maximum atomic E-state index is 14.2. The number of carbonyl (C=O) groups is 1. The number of nitrogens with zero attached hydrogens (tertiary/aromatic N) is 1. The molecule has 1 fully saturated rings. The van der Waals surface area contributed by atoms with Gasteiger partial charge in [-0.25, -0.2) is 0 Å². The third-order valence-corrected chi connectivity index (χ3v) is 7.30. The second-order valence-corrected chi connectivity index (χ2v) is 9.18. The molecule has 0 bridgehead atoms. The first kappa shape index (κ1) is 23.2. The number of hydrogen-bond donors (Lipinski definition) is 1. The zero-order valence-electron chi connectivity index (χ0n) is 16.8. The van der Waals surface area contributed by atoms with Crippen molar-refractivity contribution in [1.29, 1.82) is 0 Å². The van der Waals surface area contributed by atoms with Gasteiger partial charge in [0.15, 0.2) is 0 Å². The fourth-order valence-electron chi connectivity index (χ4n) is 4.10. The molecule has 1 aliphatic carbocycles. The molecule has 0 radical (unpaired) electrons. The fourth-order valence-corrected chi connectivity index (χ4v) is 4.70. The number of hydrogen-bond acceptors (Lipinski definition) is 3. The van der Waals surface area contributed by atoms with Gasteiger partial charge in [-0.1, -0.05) is 64.2 Å². The van der Waals surface area contributed by atoms with Gasteiger partial charge in [0.1, 0.15) is 0 Å². The zero-order valence-corrected chi connectivity index (χ0v) is 19.0. The smallest absolute Gasteiger partial charge is 0.374 e. The minimum atomic E-state index is -4.78. The number of alkyl halides is 3. The molecule has 1 atom stereocenters. The predicted octanol–water partition coefficient (Wildman–Crippen LogP) is 6.47. The lowest BCUT2D eigenvalue weighted by Gasteiger charge is -2.34. The molecule has 1 heterocycles. The fraction of sp³-hybridized carbons (Fsp3) is 0.364. The number of nitrogens with one attached hydrogen (secondary N) is 1. The van der Waals surface area contributed by atoms with Crippen LogP contribution in [-0.4, -0.2) is 24.8 Å². The van der Waals surface area contributed by atoms with E-state index in [1.165, 1.54) is 0 Å². The Morgan fingerprint density at radius 1 is 1.12 bits per heavy atom. The van der Waals surface area contributed by atoms with Crippen LogP contribution in [-0.2, 0) is 15.2 Å². The van der Waals surface area contributed by atoms with E-state index in [0.29, 0.717) is 5.56 Å². The second-order valence-electron chi connectivity index (χ2n) is 7.99. The lowest BCUT2D eigenvalue weighted by atomic mass is 9.71. The zero-order chi connectivity index (χ0) is 23.3. The molecular weight excluding hydrogens is 488 g/mol. The molecule has 4 nitrogen and oxygen atoms in total. The van der Waals surface area contributed by atoms with Crippen molar-refractivity contribution < 1.29 is 22.8 Å². The first-order chi connectivity index (χ1) is 15.1. The normalized spacial score (nSPS) is 25.0. The summed E-state index contributed by atoms with van der Waals surface area (Å²) < 4.78 is 42.5. The van der Waals surface area contributed by atoms with Gasteiger partial charge in [0, 0.05) is 24.9 Å². The summed E-state index contributed by atoms with van der Waals surface area (Å²) in [6.07, 6.45) is -3.82. The van der Waals surface area contributed by atoms with Crippen LogP contribution in [0.1, 0.15) is 41.9 Å². The molecule has 1 unspecified atom stereocenters. The van der Waals surface area contributed by atoms with Crippen LogP contribution in [0.15, 0.2) is 41.6 Å². The van der Waals surface area contributed by atoms with Gasteiger partial charge in [-0.3, -0.25) is 4.79 Å². The van der Waals surface area contributed by atoms with E-state index in [4.69, 9.17) is 39.6 Å². The van der Waals surface area contributed by atoms with Crippen molar-refractivity contribution in [3.05, 3.63) is 68.2 Å². The molecular formula is C22H18Cl3F3N2O2. The molecule has 1 aliphatic heterocycles. The van der Waals surface area contributed by atoms with Gasteiger partial charge >= 0.3 is 6.18 Å². The molecule has 170 valence electrons. The lowest BCUT2D eigenvalue weighted by Crippen LogP contribution is -2.42. The third-order valence-electron chi connectivity index (χ3n) is 6.11. The van der Waals surface area contributed by atoms with Crippen molar-refractivity contribution in [1.82, 2.24) is 5.32 Å². The Labute approximate surface area is 197 Å². The van der Waals surface area contributed by atoms with Crippen molar-refractivity contribution in [3.8, 4) is 0 Å². The average Bonchev–Trinajstić information content (AvgIpc) is 3.18. The van der Waals surface area contributed by atoms with E-state index >= 15 is 0 Å². The standard InChI is InChI=1S/C22H18Cl3F3N2O2/c1-29-20(31)14-6-13(7-14)11-2-4-12(5-3-11)18-10-21(32-30-18,22(26,27)28)15-8-16(23)19(25)17(24)9-15/h2-5,8-9,13-14H,6-7,10H2,1H3,(H,29,31). The van der Waals surface area contributed by atoms with Crippen molar-refractivity contribution >= 4 is 46.4 Å². The van der Waals surface area contributed by atoms with E-state index in [2.05, 4.69) is 10.5 Å². The minimum Gasteiger partial charge on any atom is -0.374 e. The monoisotopic (exact) mass is 504 g/mol. The van der Waals surface area contributed by atoms with Crippen LogP contribution < -0.4 is 5.32 Å². The van der Waals surface area contributed by atoms with E-state index in [1.807, 2.05) is 12.1 Å². The molecule has 2 aromatic rings. The molecule has 4 rings (SSSR count). The molecule has 0 spiro atoms. The topological polar surface area (TPSA) is 50.7 Å². The summed E-state index contributed by atoms with van der Waals surface area (Å²) in [5.74, 6) is 0.282. The van der Waals surface area contributed by atoms with E-state index in [9.17, 15) is 18.0 Å². The van der Waals surface area contributed by atoms with E-state index < -0.39 is 18.2 Å². The molecule has 10 heteroatoms. The molecule has 1 saturated carbocycles. The second kappa shape index (κ2) is 8.43. The van der Waals surface area contributed by atoms with Crippen LogP contribution >= 0.6 is 34.8 Å². The number of halogens is 6. The number of rotatable bonds is 4. The Balaban J connectivity index is 1.55. The summed E-state index contributed by atoms with van der Waals surface area (Å²) in [4.78, 5) is 16.7. The summed E-state index contributed by atoms with van der Waals surface area (Å²) in [5.41, 5.74) is -1.27. The van der Waals surface area contributed by atoms with E-state index in [0.717, 1.165) is 30.5 Å². The highest BCUT2D eigenvalue weighted by Crippen LogP contribution is 2.50. The SMILES string of the molecule is CNC(=O)C1CC(c2ccc(C3=NOC(c4cc(Cl)c(Cl)c(Cl)c4)(C(F)(F)F)C3)cc2)C1. The van der Waals surface area contributed by atoms with Gasteiger partial charge in [0.2, 0.25) is 5.91 Å². The average molecular weight is 506 g/mol. The first-order valence-corrected chi connectivity index (χ1v) is 11.0. The quantitative estimate of drug-likeness (QED) is 0.484. The van der Waals surface area contributed by atoms with Crippen molar-refractivity contribution in [2.24, 2.45) is 11.1 Å². The Morgan fingerprint density at radius 3 is 2.25 bits per heavy atom. The van der Waals surface area contributed by atoms with E-state index in [1.54, 1.807) is 19.2 Å². The van der Waals surface area contributed by atoms with Gasteiger partial charge in [0.25, 0.3) is 5.60 Å². The molecule has 0 saturated heterocycles. The van der Waals surface area contributed by atoms with Gasteiger partial charge < -0.3 is 10.2 Å². The number of amides is 1. The van der Waals surface area contributed by atoms with Crippen LogP contribution in [0, 0.1) is 5.92 Å². The van der Waals surface area contributed by atoms with Crippen LogP contribution in [0.3, 0.4) is 0 Å². The molecule has 2 aliphatic rings. The first-order valence-electron chi connectivity index (χ1n) is 9.84. The summed E-state index contributed by atoms with van der Waals surface area (Å²) >= 11 is 17.8. The van der Waals surface area contributed by atoms with Crippen molar-refractivity contribution in [2.75, 3.05) is 7.05 Å². The van der Waals surface area contributed by atoms with Crippen LogP contribution in [0.5, 0.6) is 0 Å². The van der Waals surface area contributed by atoms with Crippen LogP contribution in [0.4, 0.5) is 13.2 Å². The van der Waals surface area contributed by atoms with Gasteiger partial charge in [-0.05, 0) is 42.0 Å². The Bertz CT molecular complexity index is 1060. The highest BCUT2D eigenvalue weighted by molar-refractivity contribution is 6.48. The largest absolute Gasteiger partial charge is 0.435 e. The van der Waals surface area contributed by atoms with Crippen LogP contribution in [0.25, 0.3) is 0 Å².